The van der Waals surface area contributed by atoms with Crippen LogP contribution in [0.2, 0.25) is 0 Å². The molecule has 0 aromatic rings. The highest BCUT2D eigenvalue weighted by Crippen LogP contribution is 2.59. The first-order valence-electron chi connectivity index (χ1n) is 14.4. The van der Waals surface area contributed by atoms with Crippen molar-refractivity contribution in [1.82, 2.24) is 0 Å². The summed E-state index contributed by atoms with van der Waals surface area (Å²) in [5.74, 6) is 3.27. The van der Waals surface area contributed by atoms with Gasteiger partial charge in [0, 0.05) is 0 Å². The second kappa shape index (κ2) is 13.4. The Labute approximate surface area is 184 Å². The average molecular weight is 403 g/mol. The van der Waals surface area contributed by atoms with Crippen LogP contribution in [-0.2, 0) is 0 Å². The van der Waals surface area contributed by atoms with Crippen molar-refractivity contribution in [3.05, 3.63) is 0 Å². The summed E-state index contributed by atoms with van der Waals surface area (Å²) in [5, 5.41) is 0. The molecular formula is C29H54. The third-order valence-corrected chi connectivity index (χ3v) is 9.56. The number of hydrogen-bond acceptors (Lipinski definition) is 0. The molecule has 3 aliphatic rings. The highest BCUT2D eigenvalue weighted by molar-refractivity contribution is 4.99. The molecule has 0 saturated heterocycles. The fourth-order valence-corrected chi connectivity index (χ4v) is 8.10. The standard InChI is InChI=1S/C29H54/c1-2-3-4-5-6-7-8-18-25-29(26-19-12-9-13-20-26,27-21-14-10-15-22-27)28-23-16-11-17-24-28/h26-28H,2-25H2,1H3. The van der Waals surface area contributed by atoms with Crippen molar-refractivity contribution in [1.29, 1.82) is 0 Å². The Morgan fingerprint density at radius 3 is 1.17 bits per heavy atom. The molecule has 170 valence electrons. The van der Waals surface area contributed by atoms with E-state index in [1.807, 2.05) is 0 Å². The van der Waals surface area contributed by atoms with Crippen molar-refractivity contribution < 1.29 is 0 Å². The predicted molar refractivity (Wildman–Crippen MR) is 129 cm³/mol. The van der Waals surface area contributed by atoms with Crippen LogP contribution in [0.1, 0.15) is 161 Å². The second-order valence-electron chi connectivity index (χ2n) is 11.3. The van der Waals surface area contributed by atoms with E-state index in [-0.39, 0.29) is 0 Å². The first kappa shape index (κ1) is 23.7. The smallest absolute Gasteiger partial charge is 0.0213 e. The molecule has 0 spiro atoms. The highest BCUT2D eigenvalue weighted by Gasteiger charge is 2.49. The number of rotatable bonds is 12. The van der Waals surface area contributed by atoms with Gasteiger partial charge in [-0.3, -0.25) is 0 Å². The summed E-state index contributed by atoms with van der Waals surface area (Å²) in [6.45, 7) is 2.33. The number of hydrogen-bond donors (Lipinski definition) is 0. The van der Waals surface area contributed by atoms with E-state index in [2.05, 4.69) is 6.92 Å². The Bertz CT molecular complexity index is 347. The van der Waals surface area contributed by atoms with E-state index in [0.29, 0.717) is 0 Å². The van der Waals surface area contributed by atoms with E-state index in [0.717, 1.165) is 23.2 Å². The van der Waals surface area contributed by atoms with Crippen LogP contribution in [0.4, 0.5) is 0 Å². The molecule has 3 saturated carbocycles. The van der Waals surface area contributed by atoms with Gasteiger partial charge in [-0.1, -0.05) is 116 Å². The molecule has 0 aromatic carbocycles. The van der Waals surface area contributed by atoms with Gasteiger partial charge in [0.05, 0.1) is 0 Å². The maximum Gasteiger partial charge on any atom is -0.0213 e. The fraction of sp³-hybridized carbons (Fsp3) is 1.00. The zero-order valence-electron chi connectivity index (χ0n) is 20.2. The molecule has 0 aromatic heterocycles. The van der Waals surface area contributed by atoms with Crippen LogP contribution >= 0.6 is 0 Å². The zero-order chi connectivity index (χ0) is 20.2. The first-order valence-corrected chi connectivity index (χ1v) is 14.4. The number of unbranched alkanes of at least 4 members (excludes halogenated alkanes) is 7. The lowest BCUT2D eigenvalue weighted by molar-refractivity contribution is -0.0571. The molecule has 3 rings (SSSR count). The average Bonchev–Trinajstić information content (AvgIpc) is 2.80. The summed E-state index contributed by atoms with van der Waals surface area (Å²) in [4.78, 5) is 0. The highest BCUT2D eigenvalue weighted by atomic mass is 14.5. The first-order chi connectivity index (χ1) is 14.4. The van der Waals surface area contributed by atoms with Crippen LogP contribution in [0.25, 0.3) is 0 Å². The topological polar surface area (TPSA) is 0 Å². The van der Waals surface area contributed by atoms with Crippen molar-refractivity contribution in [3.63, 3.8) is 0 Å². The van der Waals surface area contributed by atoms with Crippen LogP contribution < -0.4 is 0 Å². The van der Waals surface area contributed by atoms with E-state index in [1.165, 1.54) is 64.2 Å². The summed E-state index contributed by atoms with van der Waals surface area (Å²) in [7, 11) is 0. The molecule has 0 nitrogen and oxygen atoms in total. The largest absolute Gasteiger partial charge is 0.0654 e. The van der Waals surface area contributed by atoms with Gasteiger partial charge in [-0.2, -0.15) is 0 Å². The van der Waals surface area contributed by atoms with Crippen LogP contribution in [0.5, 0.6) is 0 Å². The van der Waals surface area contributed by atoms with E-state index in [4.69, 9.17) is 0 Å². The summed E-state index contributed by atoms with van der Waals surface area (Å²) in [6, 6.07) is 0. The summed E-state index contributed by atoms with van der Waals surface area (Å²) in [5.41, 5.74) is 0.753. The van der Waals surface area contributed by atoms with Crippen molar-refractivity contribution in [3.8, 4) is 0 Å². The Morgan fingerprint density at radius 2 is 0.793 bits per heavy atom. The maximum atomic E-state index is 2.33. The van der Waals surface area contributed by atoms with Gasteiger partial charge in [-0.25, -0.2) is 0 Å². The molecule has 0 amide bonds. The Morgan fingerprint density at radius 1 is 0.448 bits per heavy atom. The van der Waals surface area contributed by atoms with Gasteiger partial charge in [-0.05, 0) is 68.1 Å². The zero-order valence-corrected chi connectivity index (χ0v) is 20.2. The van der Waals surface area contributed by atoms with Crippen molar-refractivity contribution in [2.45, 2.75) is 161 Å². The lowest BCUT2D eigenvalue weighted by Crippen LogP contribution is -2.47. The maximum absolute atomic E-state index is 2.33. The minimum Gasteiger partial charge on any atom is -0.0654 e. The molecule has 0 aliphatic heterocycles. The normalized spacial score (nSPS) is 23.5. The molecular weight excluding hydrogens is 348 g/mol. The predicted octanol–water partition coefficient (Wildman–Crippen LogP) is 10.2. The fourth-order valence-electron chi connectivity index (χ4n) is 8.10. The van der Waals surface area contributed by atoms with E-state index < -0.39 is 0 Å². The third-order valence-electron chi connectivity index (χ3n) is 9.56. The molecule has 29 heavy (non-hydrogen) atoms. The van der Waals surface area contributed by atoms with Crippen LogP contribution in [0.15, 0.2) is 0 Å². The molecule has 0 bridgehead atoms. The third kappa shape index (κ3) is 6.74. The molecule has 0 heterocycles. The summed E-state index contributed by atoms with van der Waals surface area (Å²) < 4.78 is 0. The lowest BCUT2D eigenvalue weighted by Gasteiger charge is -2.55. The van der Waals surface area contributed by atoms with Crippen LogP contribution in [0.3, 0.4) is 0 Å². The minimum atomic E-state index is 0.753. The lowest BCUT2D eigenvalue weighted by atomic mass is 9.50. The van der Waals surface area contributed by atoms with Crippen molar-refractivity contribution >= 4 is 0 Å². The molecule has 0 heteroatoms. The Balaban J connectivity index is 1.64. The molecule has 0 radical (unpaired) electrons. The molecule has 3 aliphatic carbocycles. The second-order valence-corrected chi connectivity index (χ2v) is 11.3. The van der Waals surface area contributed by atoms with Gasteiger partial charge in [-0.15, -0.1) is 0 Å². The van der Waals surface area contributed by atoms with E-state index in [9.17, 15) is 0 Å². The van der Waals surface area contributed by atoms with Gasteiger partial charge >= 0.3 is 0 Å². The van der Waals surface area contributed by atoms with Gasteiger partial charge in [0.25, 0.3) is 0 Å². The van der Waals surface area contributed by atoms with E-state index in [1.54, 1.807) is 89.9 Å². The van der Waals surface area contributed by atoms with Crippen LogP contribution in [0, 0.1) is 23.2 Å². The Kier molecular flexibility index (Phi) is 10.9. The molecule has 0 N–H and O–H groups in total. The van der Waals surface area contributed by atoms with Crippen molar-refractivity contribution in [2.24, 2.45) is 23.2 Å². The molecule has 0 unspecified atom stereocenters. The quantitative estimate of drug-likeness (QED) is 0.285. The summed E-state index contributed by atoms with van der Waals surface area (Å²) in [6.07, 6.45) is 36.9. The van der Waals surface area contributed by atoms with Crippen molar-refractivity contribution in [2.75, 3.05) is 0 Å². The van der Waals surface area contributed by atoms with Crippen LogP contribution in [-0.4, -0.2) is 0 Å². The minimum absolute atomic E-state index is 0.753. The Hall–Kier alpha value is 0. The molecule has 3 fully saturated rings. The van der Waals surface area contributed by atoms with E-state index >= 15 is 0 Å². The summed E-state index contributed by atoms with van der Waals surface area (Å²) >= 11 is 0. The molecule has 0 atom stereocenters. The SMILES string of the molecule is CCCCCCCCCCC(C1CCCCC1)(C1CCCCC1)C1CCCCC1. The van der Waals surface area contributed by atoms with Gasteiger partial charge < -0.3 is 0 Å². The van der Waals surface area contributed by atoms with Gasteiger partial charge in [0.2, 0.25) is 0 Å². The van der Waals surface area contributed by atoms with Gasteiger partial charge in [0.1, 0.15) is 0 Å². The van der Waals surface area contributed by atoms with Gasteiger partial charge in [0.15, 0.2) is 0 Å². The monoisotopic (exact) mass is 402 g/mol.